The lowest BCUT2D eigenvalue weighted by atomic mass is 9.92. The molecule has 2 nitrogen and oxygen atoms in total. The summed E-state index contributed by atoms with van der Waals surface area (Å²) in [5.41, 5.74) is 1.40. The van der Waals surface area contributed by atoms with Gasteiger partial charge >= 0.3 is 0 Å². The van der Waals surface area contributed by atoms with Crippen molar-refractivity contribution in [3.8, 4) is 0 Å². The number of halogens is 3. The molecule has 5 heteroatoms. The van der Waals surface area contributed by atoms with Crippen LogP contribution >= 0.6 is 23.2 Å². The summed E-state index contributed by atoms with van der Waals surface area (Å²) >= 11 is 12.1. The Kier molecular flexibility index (Phi) is 2.96. The highest BCUT2D eigenvalue weighted by Crippen LogP contribution is 2.44. The molecular formula is C14H8Cl2FNO. The zero-order chi connectivity index (χ0) is 13.6. The average Bonchev–Trinajstić information content (AvgIpc) is 2.72. The van der Waals surface area contributed by atoms with Gasteiger partial charge in [0.15, 0.2) is 0 Å². The summed E-state index contributed by atoms with van der Waals surface area (Å²) in [4.78, 5) is 12.1. The number of anilines is 1. The van der Waals surface area contributed by atoms with E-state index in [1.807, 2.05) is 0 Å². The number of nitrogens with one attached hydrogen (secondary N) is 1. The van der Waals surface area contributed by atoms with Crippen LogP contribution in [-0.2, 0) is 4.79 Å². The van der Waals surface area contributed by atoms with Crippen molar-refractivity contribution < 1.29 is 9.18 Å². The topological polar surface area (TPSA) is 29.1 Å². The second-order valence-corrected chi connectivity index (χ2v) is 5.05. The van der Waals surface area contributed by atoms with Crippen molar-refractivity contribution in [1.29, 1.82) is 0 Å². The molecule has 96 valence electrons. The van der Waals surface area contributed by atoms with E-state index in [-0.39, 0.29) is 10.9 Å². The number of amides is 1. The standard InChI is InChI=1S/C14H8Cl2FNO/c15-8-5-6-10-12(13(8)16)11(14(19)18-10)7-3-1-2-4-9(7)17/h1-6,11H,(H,18,19). The molecule has 0 saturated heterocycles. The number of carbonyl (C=O) groups excluding carboxylic acids is 1. The summed E-state index contributed by atoms with van der Waals surface area (Å²) in [5.74, 6) is -1.50. The monoisotopic (exact) mass is 295 g/mol. The van der Waals surface area contributed by atoms with E-state index in [1.165, 1.54) is 6.07 Å². The molecule has 3 rings (SSSR count). The maximum absolute atomic E-state index is 13.9. The number of carbonyl (C=O) groups is 1. The van der Waals surface area contributed by atoms with Crippen molar-refractivity contribution in [1.82, 2.24) is 0 Å². The summed E-state index contributed by atoms with van der Waals surface area (Å²) in [6, 6.07) is 9.42. The second-order valence-electron chi connectivity index (χ2n) is 4.27. The molecule has 1 atom stereocenters. The molecule has 1 unspecified atom stereocenters. The Labute approximate surface area is 119 Å². The van der Waals surface area contributed by atoms with Gasteiger partial charge in [-0.3, -0.25) is 4.79 Å². The van der Waals surface area contributed by atoms with Crippen molar-refractivity contribution in [2.24, 2.45) is 0 Å². The molecule has 0 fully saturated rings. The smallest absolute Gasteiger partial charge is 0.236 e. The van der Waals surface area contributed by atoms with Gasteiger partial charge in [0.05, 0.1) is 16.0 Å². The van der Waals surface area contributed by atoms with E-state index in [0.29, 0.717) is 21.8 Å². The van der Waals surface area contributed by atoms with E-state index in [2.05, 4.69) is 5.32 Å². The van der Waals surface area contributed by atoms with Crippen LogP contribution < -0.4 is 5.32 Å². The molecule has 19 heavy (non-hydrogen) atoms. The van der Waals surface area contributed by atoms with Crippen molar-refractivity contribution in [3.05, 3.63) is 63.4 Å². The molecule has 1 heterocycles. The molecule has 0 radical (unpaired) electrons. The van der Waals surface area contributed by atoms with Gasteiger partial charge in [-0.25, -0.2) is 4.39 Å². The molecule has 1 N–H and O–H groups in total. The summed E-state index contributed by atoms with van der Waals surface area (Å²) in [5, 5.41) is 3.32. The Morgan fingerprint density at radius 2 is 1.84 bits per heavy atom. The number of rotatable bonds is 1. The predicted octanol–water partition coefficient (Wildman–Crippen LogP) is 4.22. The molecule has 1 aliphatic rings. The summed E-state index contributed by atoms with van der Waals surface area (Å²) < 4.78 is 13.9. The van der Waals surface area contributed by atoms with Gasteiger partial charge in [-0.1, -0.05) is 41.4 Å². The average molecular weight is 296 g/mol. The van der Waals surface area contributed by atoms with Crippen molar-refractivity contribution >= 4 is 34.8 Å². The van der Waals surface area contributed by atoms with E-state index in [1.54, 1.807) is 30.3 Å². The normalized spacial score (nSPS) is 17.2. The lowest BCUT2D eigenvalue weighted by Crippen LogP contribution is -2.14. The van der Waals surface area contributed by atoms with Crippen LogP contribution in [-0.4, -0.2) is 5.91 Å². The van der Waals surface area contributed by atoms with Gasteiger partial charge in [-0.15, -0.1) is 0 Å². The Morgan fingerprint density at radius 3 is 2.58 bits per heavy atom. The highest BCUT2D eigenvalue weighted by Gasteiger charge is 2.36. The molecule has 2 aromatic carbocycles. The van der Waals surface area contributed by atoms with Crippen LogP contribution in [0.2, 0.25) is 10.0 Å². The lowest BCUT2D eigenvalue weighted by Gasteiger charge is -2.12. The minimum atomic E-state index is -0.762. The Hall–Kier alpha value is -1.58. The first-order valence-electron chi connectivity index (χ1n) is 5.63. The number of fused-ring (bicyclic) bond motifs is 1. The number of hydrogen-bond donors (Lipinski definition) is 1. The van der Waals surface area contributed by atoms with Crippen LogP contribution in [0.1, 0.15) is 17.0 Å². The highest BCUT2D eigenvalue weighted by atomic mass is 35.5. The quantitative estimate of drug-likeness (QED) is 0.839. The summed E-state index contributed by atoms with van der Waals surface area (Å²) in [6.07, 6.45) is 0. The van der Waals surface area contributed by atoms with Gasteiger partial charge in [0, 0.05) is 16.8 Å². The van der Waals surface area contributed by atoms with E-state index in [0.717, 1.165) is 0 Å². The van der Waals surface area contributed by atoms with Gasteiger partial charge < -0.3 is 5.32 Å². The second kappa shape index (κ2) is 4.51. The van der Waals surface area contributed by atoms with Gasteiger partial charge in [-0.2, -0.15) is 0 Å². The SMILES string of the molecule is O=C1Nc2ccc(Cl)c(Cl)c2C1c1ccccc1F. The van der Waals surface area contributed by atoms with Crippen molar-refractivity contribution in [2.45, 2.75) is 5.92 Å². The van der Waals surface area contributed by atoms with Gasteiger partial charge in [-0.05, 0) is 18.2 Å². The lowest BCUT2D eigenvalue weighted by molar-refractivity contribution is -0.116. The molecular weight excluding hydrogens is 288 g/mol. The number of benzene rings is 2. The van der Waals surface area contributed by atoms with E-state index >= 15 is 0 Å². The minimum Gasteiger partial charge on any atom is -0.325 e. The van der Waals surface area contributed by atoms with Crippen LogP contribution in [0.15, 0.2) is 36.4 Å². The molecule has 1 aliphatic heterocycles. The van der Waals surface area contributed by atoms with Gasteiger partial charge in [0.2, 0.25) is 5.91 Å². The molecule has 0 spiro atoms. The highest BCUT2D eigenvalue weighted by molar-refractivity contribution is 6.43. The molecule has 2 aromatic rings. The largest absolute Gasteiger partial charge is 0.325 e. The predicted molar refractivity (Wildman–Crippen MR) is 73.3 cm³/mol. The van der Waals surface area contributed by atoms with Gasteiger partial charge in [0.1, 0.15) is 5.82 Å². The maximum Gasteiger partial charge on any atom is 0.236 e. The zero-order valence-corrected chi connectivity index (χ0v) is 11.1. The molecule has 0 aromatic heterocycles. The van der Waals surface area contributed by atoms with Crippen LogP contribution in [0.25, 0.3) is 0 Å². The first-order valence-corrected chi connectivity index (χ1v) is 6.38. The third kappa shape index (κ3) is 1.90. The van der Waals surface area contributed by atoms with Crippen LogP contribution in [0, 0.1) is 5.82 Å². The fraction of sp³-hybridized carbons (Fsp3) is 0.0714. The minimum absolute atomic E-state index is 0.283. The van der Waals surface area contributed by atoms with Crippen LogP contribution in [0.3, 0.4) is 0 Å². The Morgan fingerprint density at radius 1 is 1.11 bits per heavy atom. The fourth-order valence-electron chi connectivity index (χ4n) is 2.30. The summed E-state index contributed by atoms with van der Waals surface area (Å²) in [7, 11) is 0. The zero-order valence-electron chi connectivity index (χ0n) is 9.58. The maximum atomic E-state index is 13.9. The molecule has 0 bridgehead atoms. The van der Waals surface area contributed by atoms with E-state index in [4.69, 9.17) is 23.2 Å². The molecule has 1 amide bonds. The third-order valence-corrected chi connectivity index (χ3v) is 3.98. The first kappa shape index (κ1) is 12.5. The fourth-order valence-corrected chi connectivity index (χ4v) is 2.74. The van der Waals surface area contributed by atoms with Crippen LogP contribution in [0.5, 0.6) is 0 Å². The third-order valence-electron chi connectivity index (χ3n) is 3.16. The molecule has 0 aliphatic carbocycles. The Bertz CT molecular complexity index is 687. The van der Waals surface area contributed by atoms with Crippen molar-refractivity contribution in [3.63, 3.8) is 0 Å². The van der Waals surface area contributed by atoms with Crippen molar-refractivity contribution in [2.75, 3.05) is 5.32 Å². The van der Waals surface area contributed by atoms with Gasteiger partial charge in [0.25, 0.3) is 0 Å². The summed E-state index contributed by atoms with van der Waals surface area (Å²) in [6.45, 7) is 0. The van der Waals surface area contributed by atoms with Crippen LogP contribution in [0.4, 0.5) is 10.1 Å². The van der Waals surface area contributed by atoms with E-state index in [9.17, 15) is 9.18 Å². The number of hydrogen-bond acceptors (Lipinski definition) is 1. The Balaban J connectivity index is 2.24. The van der Waals surface area contributed by atoms with E-state index < -0.39 is 11.7 Å². The molecule has 0 saturated carbocycles. The first-order chi connectivity index (χ1) is 9.09.